The van der Waals surface area contributed by atoms with Crippen molar-refractivity contribution in [3.63, 3.8) is 0 Å². The van der Waals surface area contributed by atoms with Crippen LogP contribution >= 0.6 is 54.5 Å². The SMILES string of the molecule is Cc1sccc1C(=O)c1cc(Br)c(Br)s1. The van der Waals surface area contributed by atoms with Crippen molar-refractivity contribution in [3.05, 3.63) is 41.1 Å². The molecule has 0 fully saturated rings. The van der Waals surface area contributed by atoms with Crippen LogP contribution in [0.15, 0.2) is 25.8 Å². The zero-order valence-electron chi connectivity index (χ0n) is 7.71. The molecule has 0 saturated heterocycles. The lowest BCUT2D eigenvalue weighted by atomic mass is 10.1. The summed E-state index contributed by atoms with van der Waals surface area (Å²) in [6.45, 7) is 1.97. The van der Waals surface area contributed by atoms with Gasteiger partial charge < -0.3 is 0 Å². The van der Waals surface area contributed by atoms with Gasteiger partial charge in [0.2, 0.25) is 5.78 Å². The summed E-state index contributed by atoms with van der Waals surface area (Å²) in [7, 11) is 0. The third-order valence-electron chi connectivity index (χ3n) is 1.97. The van der Waals surface area contributed by atoms with Crippen LogP contribution in [0.1, 0.15) is 20.1 Å². The van der Waals surface area contributed by atoms with Crippen LogP contribution in [-0.2, 0) is 0 Å². The van der Waals surface area contributed by atoms with E-state index in [1.165, 1.54) is 11.3 Å². The fourth-order valence-electron chi connectivity index (χ4n) is 1.21. The number of rotatable bonds is 2. The molecule has 2 aromatic heterocycles. The Morgan fingerprint density at radius 1 is 1.40 bits per heavy atom. The second-order valence-electron chi connectivity index (χ2n) is 2.95. The molecule has 0 unspecified atom stereocenters. The van der Waals surface area contributed by atoms with E-state index in [-0.39, 0.29) is 5.78 Å². The van der Waals surface area contributed by atoms with Crippen molar-refractivity contribution in [2.45, 2.75) is 6.92 Å². The molecule has 0 spiro atoms. The van der Waals surface area contributed by atoms with Crippen LogP contribution in [0, 0.1) is 6.92 Å². The Morgan fingerprint density at radius 2 is 2.13 bits per heavy atom. The molecule has 1 nitrogen and oxygen atoms in total. The standard InChI is InChI=1S/C10H6Br2OS2/c1-5-6(2-3-14-5)9(13)8-4-7(11)10(12)15-8/h2-4H,1H3. The first-order valence-electron chi connectivity index (χ1n) is 4.13. The van der Waals surface area contributed by atoms with Crippen LogP contribution in [0.2, 0.25) is 0 Å². The van der Waals surface area contributed by atoms with E-state index in [1.54, 1.807) is 11.3 Å². The summed E-state index contributed by atoms with van der Waals surface area (Å²) in [5.41, 5.74) is 0.807. The van der Waals surface area contributed by atoms with Crippen LogP contribution < -0.4 is 0 Å². The number of hydrogen-bond acceptors (Lipinski definition) is 3. The van der Waals surface area contributed by atoms with Gasteiger partial charge in [0.1, 0.15) is 0 Å². The smallest absolute Gasteiger partial charge is 0.204 e. The summed E-state index contributed by atoms with van der Waals surface area (Å²) in [5.74, 6) is 0.102. The maximum Gasteiger partial charge on any atom is 0.204 e. The normalized spacial score (nSPS) is 10.6. The van der Waals surface area contributed by atoms with Crippen LogP contribution in [0.5, 0.6) is 0 Å². The predicted molar refractivity (Wildman–Crippen MR) is 72.2 cm³/mol. The monoisotopic (exact) mass is 364 g/mol. The fraction of sp³-hybridized carbons (Fsp3) is 0.100. The molecule has 0 bridgehead atoms. The molecule has 5 heteroatoms. The highest BCUT2D eigenvalue weighted by Gasteiger charge is 2.16. The van der Waals surface area contributed by atoms with E-state index in [4.69, 9.17) is 0 Å². The van der Waals surface area contributed by atoms with Crippen molar-refractivity contribution in [3.8, 4) is 0 Å². The molecule has 0 atom stereocenters. The maximum atomic E-state index is 12.1. The molecule has 0 aliphatic heterocycles. The minimum Gasteiger partial charge on any atom is -0.288 e. The zero-order valence-corrected chi connectivity index (χ0v) is 12.5. The summed E-state index contributed by atoms with van der Waals surface area (Å²) < 4.78 is 1.89. The molecule has 0 saturated carbocycles. The molecule has 2 rings (SSSR count). The van der Waals surface area contributed by atoms with Gasteiger partial charge in [-0.05, 0) is 56.3 Å². The van der Waals surface area contributed by atoms with E-state index in [0.717, 1.165) is 23.6 Å². The van der Waals surface area contributed by atoms with Gasteiger partial charge in [-0.3, -0.25) is 4.79 Å². The highest BCUT2D eigenvalue weighted by molar-refractivity contribution is 9.13. The number of ketones is 1. The van der Waals surface area contributed by atoms with Gasteiger partial charge in [0.05, 0.1) is 8.66 Å². The number of hydrogen-bond donors (Lipinski definition) is 0. The van der Waals surface area contributed by atoms with Crippen LogP contribution in [-0.4, -0.2) is 5.78 Å². The molecule has 0 aromatic carbocycles. The minimum atomic E-state index is 0.102. The largest absolute Gasteiger partial charge is 0.288 e. The van der Waals surface area contributed by atoms with E-state index in [1.807, 2.05) is 24.4 Å². The first-order valence-corrected chi connectivity index (χ1v) is 7.41. The lowest BCUT2D eigenvalue weighted by molar-refractivity contribution is 0.104. The number of halogens is 2. The van der Waals surface area contributed by atoms with Gasteiger partial charge in [-0.2, -0.15) is 0 Å². The zero-order chi connectivity index (χ0) is 11.0. The lowest BCUT2D eigenvalue weighted by Gasteiger charge is -1.94. The van der Waals surface area contributed by atoms with Gasteiger partial charge >= 0.3 is 0 Å². The van der Waals surface area contributed by atoms with E-state index >= 15 is 0 Å². The molecule has 0 aliphatic carbocycles. The van der Waals surface area contributed by atoms with Gasteiger partial charge in [0, 0.05) is 14.9 Å². The molecule has 2 heterocycles. The average molecular weight is 366 g/mol. The molecule has 15 heavy (non-hydrogen) atoms. The van der Waals surface area contributed by atoms with Gasteiger partial charge in [-0.15, -0.1) is 22.7 Å². The van der Waals surface area contributed by atoms with Crippen LogP contribution in [0.3, 0.4) is 0 Å². The van der Waals surface area contributed by atoms with Gasteiger partial charge in [-0.25, -0.2) is 0 Å². The molecule has 0 amide bonds. The van der Waals surface area contributed by atoms with Crippen molar-refractivity contribution in [2.75, 3.05) is 0 Å². The highest BCUT2D eigenvalue weighted by atomic mass is 79.9. The second kappa shape index (κ2) is 4.49. The Hall–Kier alpha value is 0.0300. The van der Waals surface area contributed by atoms with Crippen molar-refractivity contribution in [1.82, 2.24) is 0 Å². The van der Waals surface area contributed by atoms with Crippen molar-refractivity contribution >= 4 is 60.3 Å². The third kappa shape index (κ3) is 2.25. The molecule has 78 valence electrons. The topological polar surface area (TPSA) is 17.1 Å². The van der Waals surface area contributed by atoms with E-state index in [9.17, 15) is 4.79 Å². The van der Waals surface area contributed by atoms with Crippen LogP contribution in [0.25, 0.3) is 0 Å². The predicted octanol–water partition coefficient (Wildman–Crippen LogP) is 4.87. The number of aryl methyl sites for hydroxylation is 1. The molecule has 2 aromatic rings. The first kappa shape index (κ1) is 11.5. The van der Waals surface area contributed by atoms with Crippen molar-refractivity contribution < 1.29 is 4.79 Å². The van der Waals surface area contributed by atoms with Crippen molar-refractivity contribution in [1.29, 1.82) is 0 Å². The summed E-state index contributed by atoms with van der Waals surface area (Å²) in [5, 5.41) is 1.94. The minimum absolute atomic E-state index is 0.102. The third-order valence-corrected chi connectivity index (χ3v) is 6.07. The van der Waals surface area contributed by atoms with Gasteiger partial charge in [0.25, 0.3) is 0 Å². The number of carbonyl (C=O) groups excluding carboxylic acids is 1. The summed E-state index contributed by atoms with van der Waals surface area (Å²) in [4.78, 5) is 13.9. The molecule has 0 aliphatic rings. The number of thiophene rings is 2. The summed E-state index contributed by atoms with van der Waals surface area (Å²) in [6, 6.07) is 3.73. The van der Waals surface area contributed by atoms with E-state index < -0.39 is 0 Å². The summed E-state index contributed by atoms with van der Waals surface area (Å²) in [6.07, 6.45) is 0. The molecule has 0 N–H and O–H groups in total. The highest BCUT2D eigenvalue weighted by Crippen LogP contribution is 2.34. The molecular formula is C10H6Br2OS2. The van der Waals surface area contributed by atoms with Crippen LogP contribution in [0.4, 0.5) is 0 Å². The molecule has 0 radical (unpaired) electrons. The average Bonchev–Trinajstić information content (AvgIpc) is 2.74. The van der Waals surface area contributed by atoms with Gasteiger partial charge in [-0.1, -0.05) is 0 Å². The first-order chi connectivity index (χ1) is 7.09. The Morgan fingerprint density at radius 3 is 2.60 bits per heavy atom. The molecular weight excluding hydrogens is 360 g/mol. The maximum absolute atomic E-state index is 12.1. The Bertz CT molecular complexity index is 494. The Labute approximate surface area is 112 Å². The number of carbonyl (C=O) groups is 1. The van der Waals surface area contributed by atoms with E-state index in [2.05, 4.69) is 31.9 Å². The lowest BCUT2D eigenvalue weighted by Crippen LogP contribution is -1.97. The Balaban J connectivity index is 2.41. The van der Waals surface area contributed by atoms with Crippen molar-refractivity contribution in [2.24, 2.45) is 0 Å². The quantitative estimate of drug-likeness (QED) is 0.693. The fourth-order valence-corrected chi connectivity index (χ4v) is 3.90. The second-order valence-corrected chi connectivity index (χ2v) is 7.30. The Kier molecular flexibility index (Phi) is 3.45. The van der Waals surface area contributed by atoms with Gasteiger partial charge in [0.15, 0.2) is 0 Å². The summed E-state index contributed by atoms with van der Waals surface area (Å²) >= 11 is 9.82. The van der Waals surface area contributed by atoms with E-state index in [0.29, 0.717) is 0 Å².